The Morgan fingerprint density at radius 3 is 2.63 bits per heavy atom. The molecule has 1 unspecified atom stereocenters. The Morgan fingerprint density at radius 1 is 1.42 bits per heavy atom. The van der Waals surface area contributed by atoms with Crippen LogP contribution in [-0.4, -0.2) is 35.7 Å². The summed E-state index contributed by atoms with van der Waals surface area (Å²) >= 11 is 3.39. The van der Waals surface area contributed by atoms with Crippen LogP contribution in [0, 0.1) is 0 Å². The Hall–Kier alpha value is -0.910. The van der Waals surface area contributed by atoms with Crippen molar-refractivity contribution >= 4 is 27.5 Å². The Kier molecular flexibility index (Phi) is 4.28. The van der Waals surface area contributed by atoms with Crippen molar-refractivity contribution in [3.05, 3.63) is 28.7 Å². The monoisotopic (exact) mass is 326 g/mol. The second-order valence-electron chi connectivity index (χ2n) is 5.49. The van der Waals surface area contributed by atoms with Gasteiger partial charge in [0, 0.05) is 28.9 Å². The zero-order valence-electron chi connectivity index (χ0n) is 11.2. The van der Waals surface area contributed by atoms with E-state index in [-0.39, 0.29) is 24.1 Å². The number of hydrogen-bond donors (Lipinski definition) is 2. The summed E-state index contributed by atoms with van der Waals surface area (Å²) in [6.45, 7) is 4.76. The van der Waals surface area contributed by atoms with E-state index in [9.17, 15) is 4.79 Å². The molecule has 1 fully saturated rings. The van der Waals surface area contributed by atoms with Gasteiger partial charge in [-0.1, -0.05) is 15.9 Å². The molecule has 0 spiro atoms. The third-order valence-electron chi connectivity index (χ3n) is 3.24. The summed E-state index contributed by atoms with van der Waals surface area (Å²) in [6, 6.07) is 7.40. The molecule has 2 rings (SSSR count). The van der Waals surface area contributed by atoms with Gasteiger partial charge in [0.05, 0.1) is 6.04 Å². The van der Waals surface area contributed by atoms with Gasteiger partial charge >= 0.3 is 0 Å². The number of carbonyl (C=O) groups is 1. The number of nitrogens with zero attached hydrogens (tertiary/aromatic N) is 1. The topological polar surface area (TPSA) is 52.6 Å². The summed E-state index contributed by atoms with van der Waals surface area (Å²) in [7, 11) is 0. The normalized spacial score (nSPS) is 22.6. The average Bonchev–Trinajstić information content (AvgIpc) is 2.34. The Bertz CT molecular complexity index is 459. The van der Waals surface area contributed by atoms with Gasteiger partial charge in [-0.3, -0.25) is 10.1 Å². The van der Waals surface area contributed by atoms with Gasteiger partial charge in [-0.2, -0.15) is 0 Å². The number of nitrogens with one attached hydrogen (secondary N) is 1. The Morgan fingerprint density at radius 2 is 2.05 bits per heavy atom. The van der Waals surface area contributed by atoms with Gasteiger partial charge in [-0.15, -0.1) is 0 Å². The van der Waals surface area contributed by atoms with Crippen molar-refractivity contribution in [1.82, 2.24) is 5.32 Å². The minimum atomic E-state index is -0.322. The number of carbonyl (C=O) groups excluding carboxylic acids is 1. The molecule has 1 atom stereocenters. The van der Waals surface area contributed by atoms with E-state index in [0.717, 1.165) is 10.2 Å². The van der Waals surface area contributed by atoms with E-state index in [1.165, 1.54) is 0 Å². The molecule has 5 heteroatoms. The van der Waals surface area contributed by atoms with Crippen molar-refractivity contribution < 1.29 is 9.90 Å². The van der Waals surface area contributed by atoms with Crippen LogP contribution in [0.25, 0.3) is 0 Å². The highest BCUT2D eigenvalue weighted by atomic mass is 79.9. The standard InChI is InChI=1S/C14H19BrN2O2/c1-14(2)9-17(11-5-3-10(15)4-6-11)13(19)12(16-14)7-8-18/h3-6,12,16,18H,7-9H2,1-2H3. The van der Waals surface area contributed by atoms with E-state index < -0.39 is 0 Å². The molecule has 2 N–H and O–H groups in total. The second-order valence-corrected chi connectivity index (χ2v) is 6.41. The molecule has 1 aromatic rings. The Balaban J connectivity index is 2.27. The largest absolute Gasteiger partial charge is 0.396 e. The first-order valence-corrected chi connectivity index (χ1v) is 7.18. The van der Waals surface area contributed by atoms with E-state index in [2.05, 4.69) is 35.1 Å². The van der Waals surface area contributed by atoms with Gasteiger partial charge in [0.25, 0.3) is 0 Å². The first-order chi connectivity index (χ1) is 8.93. The highest BCUT2D eigenvalue weighted by Crippen LogP contribution is 2.25. The first kappa shape index (κ1) is 14.5. The van der Waals surface area contributed by atoms with Crippen molar-refractivity contribution in [1.29, 1.82) is 0 Å². The van der Waals surface area contributed by atoms with Crippen molar-refractivity contribution in [2.24, 2.45) is 0 Å². The van der Waals surface area contributed by atoms with Crippen LogP contribution in [0.15, 0.2) is 28.7 Å². The maximum Gasteiger partial charge on any atom is 0.244 e. The summed E-state index contributed by atoms with van der Waals surface area (Å²) in [5.74, 6) is 0.0238. The fourth-order valence-corrected chi connectivity index (χ4v) is 2.67. The second kappa shape index (κ2) is 5.61. The van der Waals surface area contributed by atoms with Crippen LogP contribution in [0.4, 0.5) is 5.69 Å². The van der Waals surface area contributed by atoms with Crippen LogP contribution >= 0.6 is 15.9 Å². The zero-order valence-corrected chi connectivity index (χ0v) is 12.8. The fourth-order valence-electron chi connectivity index (χ4n) is 2.40. The number of amides is 1. The number of anilines is 1. The van der Waals surface area contributed by atoms with Gasteiger partial charge in [0.2, 0.25) is 5.91 Å². The predicted octanol–water partition coefficient (Wildman–Crippen LogP) is 1.91. The van der Waals surface area contributed by atoms with Gasteiger partial charge in [0.15, 0.2) is 0 Å². The number of piperazine rings is 1. The molecule has 1 aliphatic rings. The van der Waals surface area contributed by atoms with E-state index in [1.54, 1.807) is 4.90 Å². The quantitative estimate of drug-likeness (QED) is 0.892. The summed E-state index contributed by atoms with van der Waals surface area (Å²) < 4.78 is 0.991. The minimum Gasteiger partial charge on any atom is -0.396 e. The van der Waals surface area contributed by atoms with Gasteiger partial charge < -0.3 is 10.0 Å². The molecule has 1 aliphatic heterocycles. The van der Waals surface area contributed by atoms with E-state index in [0.29, 0.717) is 13.0 Å². The van der Waals surface area contributed by atoms with Crippen LogP contribution < -0.4 is 10.2 Å². The number of aliphatic hydroxyl groups is 1. The molecule has 1 amide bonds. The zero-order chi connectivity index (χ0) is 14.0. The van der Waals surface area contributed by atoms with Crippen molar-refractivity contribution in [3.63, 3.8) is 0 Å². The molecule has 4 nitrogen and oxygen atoms in total. The van der Waals surface area contributed by atoms with Crippen LogP contribution in [0.1, 0.15) is 20.3 Å². The van der Waals surface area contributed by atoms with E-state index >= 15 is 0 Å². The molecule has 1 heterocycles. The summed E-state index contributed by atoms with van der Waals surface area (Å²) in [4.78, 5) is 14.2. The number of hydrogen-bond acceptors (Lipinski definition) is 3. The van der Waals surface area contributed by atoms with Crippen LogP contribution in [0.5, 0.6) is 0 Å². The molecule has 1 saturated heterocycles. The summed E-state index contributed by atoms with van der Waals surface area (Å²) in [5, 5.41) is 12.4. The number of benzene rings is 1. The highest BCUT2D eigenvalue weighted by molar-refractivity contribution is 9.10. The lowest BCUT2D eigenvalue weighted by atomic mass is 9.96. The third-order valence-corrected chi connectivity index (χ3v) is 3.77. The molecule has 0 radical (unpaired) electrons. The molecule has 19 heavy (non-hydrogen) atoms. The average molecular weight is 327 g/mol. The van der Waals surface area contributed by atoms with Gasteiger partial charge in [-0.25, -0.2) is 0 Å². The van der Waals surface area contributed by atoms with Crippen LogP contribution in [0.2, 0.25) is 0 Å². The van der Waals surface area contributed by atoms with Crippen molar-refractivity contribution in [2.45, 2.75) is 31.8 Å². The maximum atomic E-state index is 12.4. The van der Waals surface area contributed by atoms with Crippen LogP contribution in [-0.2, 0) is 4.79 Å². The maximum absolute atomic E-state index is 12.4. The molecule has 0 aromatic heterocycles. The molecule has 0 aliphatic carbocycles. The van der Waals surface area contributed by atoms with Crippen molar-refractivity contribution in [3.8, 4) is 0 Å². The van der Waals surface area contributed by atoms with Gasteiger partial charge in [-0.05, 0) is 44.5 Å². The van der Waals surface area contributed by atoms with Crippen molar-refractivity contribution in [2.75, 3.05) is 18.1 Å². The van der Waals surface area contributed by atoms with E-state index in [1.807, 2.05) is 24.3 Å². The smallest absolute Gasteiger partial charge is 0.244 e. The molecule has 1 aromatic carbocycles. The SMILES string of the molecule is CC1(C)CN(c2ccc(Br)cc2)C(=O)C(CCO)N1. The lowest BCUT2D eigenvalue weighted by Gasteiger charge is -2.43. The fraction of sp³-hybridized carbons (Fsp3) is 0.500. The highest BCUT2D eigenvalue weighted by Gasteiger charge is 2.38. The minimum absolute atomic E-state index is 0.00760. The number of halogens is 1. The summed E-state index contributed by atoms with van der Waals surface area (Å²) in [6.07, 6.45) is 0.440. The molecular formula is C14H19BrN2O2. The molecule has 104 valence electrons. The lowest BCUT2D eigenvalue weighted by Crippen LogP contribution is -2.65. The first-order valence-electron chi connectivity index (χ1n) is 6.38. The summed E-state index contributed by atoms with van der Waals surface area (Å²) in [5.41, 5.74) is 0.728. The number of rotatable bonds is 3. The molecule has 0 saturated carbocycles. The third kappa shape index (κ3) is 3.35. The predicted molar refractivity (Wildman–Crippen MR) is 79.2 cm³/mol. The Labute approximate surface area is 121 Å². The lowest BCUT2D eigenvalue weighted by molar-refractivity contribution is -0.123. The molecule has 0 bridgehead atoms. The molecular weight excluding hydrogens is 308 g/mol. The van der Waals surface area contributed by atoms with Gasteiger partial charge in [0.1, 0.15) is 0 Å². The van der Waals surface area contributed by atoms with Crippen LogP contribution in [0.3, 0.4) is 0 Å². The number of aliphatic hydroxyl groups excluding tert-OH is 1. The van der Waals surface area contributed by atoms with E-state index in [4.69, 9.17) is 5.11 Å².